The Bertz CT molecular complexity index is 402. The zero-order chi connectivity index (χ0) is 12.3. The van der Waals surface area contributed by atoms with Crippen LogP contribution in [0.5, 0.6) is 0 Å². The Morgan fingerprint density at radius 3 is 2.65 bits per heavy atom. The van der Waals surface area contributed by atoms with Crippen LogP contribution in [-0.2, 0) is 4.79 Å². The molecule has 17 heavy (non-hydrogen) atoms. The number of amides is 1. The fourth-order valence-electron chi connectivity index (χ4n) is 2.28. The normalized spacial score (nSPS) is 20.2. The minimum Gasteiger partial charge on any atom is -0.368 e. The first-order valence-electron chi connectivity index (χ1n) is 5.95. The molecule has 3 nitrogen and oxygen atoms in total. The second-order valence-corrected chi connectivity index (χ2v) is 4.37. The van der Waals surface area contributed by atoms with Crippen molar-refractivity contribution in [2.45, 2.75) is 13.0 Å². The number of para-hydroxylation sites is 1. The van der Waals surface area contributed by atoms with Crippen molar-refractivity contribution in [1.82, 2.24) is 4.90 Å². The Morgan fingerprint density at radius 2 is 2.06 bits per heavy atom. The van der Waals surface area contributed by atoms with Gasteiger partial charge in [0.1, 0.15) is 0 Å². The molecule has 0 radical (unpaired) electrons. The van der Waals surface area contributed by atoms with Crippen molar-refractivity contribution in [3.8, 4) is 0 Å². The summed E-state index contributed by atoms with van der Waals surface area (Å²) in [5, 5.41) is 0. The molecular formula is C14H18N2O. The summed E-state index contributed by atoms with van der Waals surface area (Å²) in [5.74, 6) is 0.0326. The van der Waals surface area contributed by atoms with Gasteiger partial charge in [0.15, 0.2) is 0 Å². The first-order chi connectivity index (χ1) is 8.22. The van der Waals surface area contributed by atoms with Crippen molar-refractivity contribution in [1.29, 1.82) is 0 Å². The van der Waals surface area contributed by atoms with Crippen molar-refractivity contribution >= 4 is 11.6 Å². The lowest BCUT2D eigenvalue weighted by Crippen LogP contribution is -2.53. The topological polar surface area (TPSA) is 23.6 Å². The average Bonchev–Trinajstić information content (AvgIpc) is 2.39. The average molecular weight is 230 g/mol. The summed E-state index contributed by atoms with van der Waals surface area (Å²) < 4.78 is 0. The Balaban J connectivity index is 2.05. The molecule has 1 aliphatic heterocycles. The summed E-state index contributed by atoms with van der Waals surface area (Å²) in [4.78, 5) is 15.8. The van der Waals surface area contributed by atoms with Crippen LogP contribution in [0.4, 0.5) is 5.69 Å². The molecule has 90 valence electrons. The number of rotatable bonds is 2. The highest BCUT2D eigenvalue weighted by molar-refractivity contribution is 5.87. The lowest BCUT2D eigenvalue weighted by Gasteiger charge is -2.40. The smallest absolute Gasteiger partial charge is 0.246 e. The molecule has 0 aromatic heterocycles. The van der Waals surface area contributed by atoms with Gasteiger partial charge >= 0.3 is 0 Å². The minimum absolute atomic E-state index is 0.0326. The van der Waals surface area contributed by atoms with E-state index in [1.165, 1.54) is 11.8 Å². The largest absolute Gasteiger partial charge is 0.368 e. The monoisotopic (exact) mass is 230 g/mol. The quantitative estimate of drug-likeness (QED) is 0.725. The zero-order valence-electron chi connectivity index (χ0n) is 10.2. The van der Waals surface area contributed by atoms with Crippen molar-refractivity contribution in [2.24, 2.45) is 0 Å². The molecule has 0 aliphatic carbocycles. The lowest BCUT2D eigenvalue weighted by atomic mass is 10.1. The number of benzene rings is 1. The van der Waals surface area contributed by atoms with Crippen molar-refractivity contribution < 1.29 is 4.79 Å². The Kier molecular flexibility index (Phi) is 3.47. The van der Waals surface area contributed by atoms with Crippen LogP contribution in [0.15, 0.2) is 43.0 Å². The third-order valence-electron chi connectivity index (χ3n) is 3.21. The highest BCUT2D eigenvalue weighted by Gasteiger charge is 2.25. The molecule has 1 atom stereocenters. The highest BCUT2D eigenvalue weighted by atomic mass is 16.2. The molecule has 1 amide bonds. The first kappa shape index (κ1) is 11.7. The van der Waals surface area contributed by atoms with E-state index in [2.05, 4.69) is 30.5 Å². The molecule has 1 aromatic carbocycles. The van der Waals surface area contributed by atoms with Crippen LogP contribution in [0.3, 0.4) is 0 Å². The number of hydrogen-bond acceptors (Lipinski definition) is 2. The summed E-state index contributed by atoms with van der Waals surface area (Å²) in [7, 11) is 0. The van der Waals surface area contributed by atoms with Crippen LogP contribution < -0.4 is 4.90 Å². The number of nitrogens with zero attached hydrogens (tertiary/aromatic N) is 2. The van der Waals surface area contributed by atoms with Crippen LogP contribution in [-0.4, -0.2) is 36.5 Å². The molecule has 1 heterocycles. The van der Waals surface area contributed by atoms with Crippen LogP contribution in [0.25, 0.3) is 0 Å². The zero-order valence-corrected chi connectivity index (χ0v) is 10.2. The maximum absolute atomic E-state index is 11.6. The third-order valence-corrected chi connectivity index (χ3v) is 3.21. The fourth-order valence-corrected chi connectivity index (χ4v) is 2.28. The van der Waals surface area contributed by atoms with Crippen LogP contribution in [0, 0.1) is 0 Å². The molecule has 1 aromatic rings. The molecule has 0 bridgehead atoms. The van der Waals surface area contributed by atoms with Crippen molar-refractivity contribution in [2.75, 3.05) is 24.5 Å². The summed E-state index contributed by atoms with van der Waals surface area (Å²) in [6.07, 6.45) is 1.40. The van der Waals surface area contributed by atoms with E-state index in [9.17, 15) is 4.79 Å². The Labute approximate surface area is 102 Å². The number of carbonyl (C=O) groups excluding carboxylic acids is 1. The van der Waals surface area contributed by atoms with Gasteiger partial charge in [0, 0.05) is 31.4 Å². The van der Waals surface area contributed by atoms with E-state index in [0.717, 1.165) is 19.6 Å². The van der Waals surface area contributed by atoms with Gasteiger partial charge in [-0.15, -0.1) is 0 Å². The molecular weight excluding hydrogens is 212 g/mol. The first-order valence-corrected chi connectivity index (χ1v) is 5.95. The molecule has 1 aliphatic rings. The fraction of sp³-hybridized carbons (Fsp3) is 0.357. The SMILES string of the molecule is C=CC(=O)N1CCN(c2ccccc2)CC1C. The van der Waals surface area contributed by atoms with Gasteiger partial charge in [-0.2, -0.15) is 0 Å². The van der Waals surface area contributed by atoms with E-state index in [1.807, 2.05) is 23.1 Å². The van der Waals surface area contributed by atoms with Gasteiger partial charge in [-0.25, -0.2) is 0 Å². The molecule has 0 N–H and O–H groups in total. The Hall–Kier alpha value is -1.77. The Morgan fingerprint density at radius 1 is 1.35 bits per heavy atom. The van der Waals surface area contributed by atoms with Gasteiger partial charge in [-0.1, -0.05) is 24.8 Å². The van der Waals surface area contributed by atoms with Gasteiger partial charge in [-0.3, -0.25) is 4.79 Å². The standard InChI is InChI=1S/C14H18N2O/c1-3-14(17)16-10-9-15(11-12(16)2)13-7-5-4-6-8-13/h3-8,12H,1,9-11H2,2H3. The summed E-state index contributed by atoms with van der Waals surface area (Å²) in [6.45, 7) is 8.15. The van der Waals surface area contributed by atoms with E-state index in [4.69, 9.17) is 0 Å². The molecule has 1 fully saturated rings. The number of carbonyl (C=O) groups is 1. The maximum atomic E-state index is 11.6. The van der Waals surface area contributed by atoms with Crippen LogP contribution in [0.2, 0.25) is 0 Å². The van der Waals surface area contributed by atoms with Crippen molar-refractivity contribution in [3.63, 3.8) is 0 Å². The van der Waals surface area contributed by atoms with E-state index in [-0.39, 0.29) is 11.9 Å². The number of hydrogen-bond donors (Lipinski definition) is 0. The van der Waals surface area contributed by atoms with Gasteiger partial charge in [0.05, 0.1) is 0 Å². The summed E-state index contributed by atoms with van der Waals surface area (Å²) >= 11 is 0. The lowest BCUT2D eigenvalue weighted by molar-refractivity contribution is -0.128. The van der Waals surface area contributed by atoms with E-state index >= 15 is 0 Å². The van der Waals surface area contributed by atoms with E-state index < -0.39 is 0 Å². The van der Waals surface area contributed by atoms with E-state index in [0.29, 0.717) is 0 Å². The predicted octanol–water partition coefficient (Wildman–Crippen LogP) is 1.91. The van der Waals surface area contributed by atoms with Crippen LogP contribution >= 0.6 is 0 Å². The third kappa shape index (κ3) is 2.49. The van der Waals surface area contributed by atoms with Gasteiger partial charge in [0.2, 0.25) is 5.91 Å². The minimum atomic E-state index is 0.0326. The summed E-state index contributed by atoms with van der Waals surface area (Å²) in [6, 6.07) is 10.6. The van der Waals surface area contributed by atoms with Crippen molar-refractivity contribution in [3.05, 3.63) is 43.0 Å². The molecule has 2 rings (SSSR count). The van der Waals surface area contributed by atoms with Crippen LogP contribution in [0.1, 0.15) is 6.92 Å². The highest BCUT2D eigenvalue weighted by Crippen LogP contribution is 2.18. The number of piperazine rings is 1. The molecule has 0 spiro atoms. The molecule has 0 saturated carbocycles. The predicted molar refractivity (Wildman–Crippen MR) is 70.0 cm³/mol. The van der Waals surface area contributed by atoms with Gasteiger partial charge in [-0.05, 0) is 25.1 Å². The molecule has 3 heteroatoms. The molecule has 1 unspecified atom stereocenters. The summed E-state index contributed by atoms with van der Waals surface area (Å²) in [5.41, 5.74) is 1.23. The molecule has 1 saturated heterocycles. The van der Waals surface area contributed by atoms with E-state index in [1.54, 1.807) is 0 Å². The van der Waals surface area contributed by atoms with Gasteiger partial charge in [0.25, 0.3) is 0 Å². The number of anilines is 1. The van der Waals surface area contributed by atoms with Gasteiger partial charge < -0.3 is 9.80 Å². The second kappa shape index (κ2) is 5.04. The second-order valence-electron chi connectivity index (χ2n) is 4.37. The maximum Gasteiger partial charge on any atom is 0.246 e.